The standard InChI is InChI=1S/C42H68O2/c1-11-34(2)30-31-40(8)28-16-26-38(6)24-14-22-36(4)20-12-18-35(3)19-13-21-37(5)23-15-25-39(7)27-17-29-41(9)32-33-44-42(10)43/h11,19-20,23-24,27-28,32H,12-18,21-22,25-26,29-31,33H2,1-10H3. The Balaban J connectivity index is 4.20. The fraction of sp³-hybridized carbons (Fsp3) is 0.595. The summed E-state index contributed by atoms with van der Waals surface area (Å²) >= 11 is 0. The van der Waals surface area contributed by atoms with Gasteiger partial charge >= 0.3 is 5.97 Å². The molecule has 0 heterocycles. The van der Waals surface area contributed by atoms with Crippen LogP contribution in [0.3, 0.4) is 0 Å². The molecular weight excluding hydrogens is 536 g/mol. The Labute approximate surface area is 273 Å². The zero-order valence-corrected chi connectivity index (χ0v) is 30.5. The average Bonchev–Trinajstić information content (AvgIpc) is 2.95. The molecule has 248 valence electrons. The molecule has 0 saturated heterocycles. The molecule has 0 rings (SSSR count). The van der Waals surface area contributed by atoms with Crippen molar-refractivity contribution < 1.29 is 9.53 Å². The van der Waals surface area contributed by atoms with Crippen molar-refractivity contribution in [3.63, 3.8) is 0 Å². The van der Waals surface area contributed by atoms with Gasteiger partial charge in [-0.2, -0.15) is 0 Å². The van der Waals surface area contributed by atoms with Gasteiger partial charge in [-0.1, -0.05) is 87.1 Å². The second kappa shape index (κ2) is 26.8. The molecule has 0 aliphatic heterocycles. The lowest BCUT2D eigenvalue weighted by Gasteiger charge is -2.04. The molecule has 0 aromatic rings. The van der Waals surface area contributed by atoms with Gasteiger partial charge in [0.1, 0.15) is 6.61 Å². The normalized spacial score (nSPS) is 14.9. The van der Waals surface area contributed by atoms with E-state index in [0.29, 0.717) is 6.61 Å². The van der Waals surface area contributed by atoms with Crippen LogP contribution in [0.2, 0.25) is 0 Å². The molecule has 0 N–H and O–H groups in total. The minimum atomic E-state index is -0.224. The average molecular weight is 605 g/mol. The van der Waals surface area contributed by atoms with Crippen LogP contribution in [-0.2, 0) is 9.53 Å². The van der Waals surface area contributed by atoms with Gasteiger partial charge in [0, 0.05) is 6.92 Å². The van der Waals surface area contributed by atoms with Crippen LogP contribution in [0.1, 0.15) is 159 Å². The Morgan fingerprint density at radius 3 is 0.909 bits per heavy atom. The molecular formula is C42H68O2. The number of ether oxygens (including phenoxy) is 1. The molecule has 2 heteroatoms. The van der Waals surface area contributed by atoms with E-state index in [2.05, 4.69) is 105 Å². The molecule has 0 bridgehead atoms. The van der Waals surface area contributed by atoms with Crippen LogP contribution in [0.5, 0.6) is 0 Å². The van der Waals surface area contributed by atoms with E-state index in [4.69, 9.17) is 4.74 Å². The summed E-state index contributed by atoms with van der Waals surface area (Å²) in [5.74, 6) is -0.224. The van der Waals surface area contributed by atoms with Crippen molar-refractivity contribution in [1.29, 1.82) is 0 Å². The van der Waals surface area contributed by atoms with E-state index in [-0.39, 0.29) is 5.97 Å². The third-order valence-corrected chi connectivity index (χ3v) is 8.31. The van der Waals surface area contributed by atoms with Gasteiger partial charge in [0.05, 0.1) is 0 Å². The predicted octanol–water partition coefficient (Wildman–Crippen LogP) is 13.6. The van der Waals surface area contributed by atoms with Crippen LogP contribution < -0.4 is 0 Å². The number of hydrogen-bond acceptors (Lipinski definition) is 2. The molecule has 0 amide bonds. The maximum Gasteiger partial charge on any atom is 0.302 e. The van der Waals surface area contributed by atoms with Gasteiger partial charge in [-0.05, 0) is 158 Å². The smallest absolute Gasteiger partial charge is 0.302 e. The van der Waals surface area contributed by atoms with E-state index < -0.39 is 0 Å². The summed E-state index contributed by atoms with van der Waals surface area (Å²) in [7, 11) is 0. The first-order chi connectivity index (χ1) is 20.9. The maximum absolute atomic E-state index is 10.8. The zero-order chi connectivity index (χ0) is 33.2. The van der Waals surface area contributed by atoms with E-state index in [1.54, 1.807) is 0 Å². The molecule has 0 aromatic carbocycles. The van der Waals surface area contributed by atoms with Gasteiger partial charge in [-0.25, -0.2) is 0 Å². The number of allylic oxidation sites excluding steroid dienone is 15. The fourth-order valence-corrected chi connectivity index (χ4v) is 4.83. The number of hydrogen-bond donors (Lipinski definition) is 0. The minimum Gasteiger partial charge on any atom is -0.462 e. The van der Waals surface area contributed by atoms with E-state index in [1.807, 2.05) is 6.08 Å². The van der Waals surface area contributed by atoms with Crippen molar-refractivity contribution in [2.24, 2.45) is 0 Å². The highest BCUT2D eigenvalue weighted by molar-refractivity contribution is 5.66. The molecule has 0 fully saturated rings. The molecule has 0 aliphatic rings. The van der Waals surface area contributed by atoms with Crippen molar-refractivity contribution in [2.45, 2.75) is 159 Å². The molecule has 0 aromatic heterocycles. The second-order valence-corrected chi connectivity index (χ2v) is 13.0. The summed E-state index contributed by atoms with van der Waals surface area (Å²) in [6.07, 6.45) is 34.7. The highest BCUT2D eigenvalue weighted by Crippen LogP contribution is 2.17. The SMILES string of the molecule is CC=C(C)CCC(C)=CCCC(C)=CCCC(C)=CCCC(C)=CCCC(C)=CCCC(C)=CCCC(C)=CCOC(C)=O. The van der Waals surface area contributed by atoms with Gasteiger partial charge in [0.15, 0.2) is 0 Å². The molecule has 2 nitrogen and oxygen atoms in total. The van der Waals surface area contributed by atoms with Gasteiger partial charge in [-0.15, -0.1) is 0 Å². The Morgan fingerprint density at radius 2 is 0.636 bits per heavy atom. The lowest BCUT2D eigenvalue weighted by Crippen LogP contribution is -1.98. The number of carbonyl (C=O) groups excluding carboxylic acids is 1. The van der Waals surface area contributed by atoms with Crippen molar-refractivity contribution in [3.05, 3.63) is 93.2 Å². The van der Waals surface area contributed by atoms with Crippen LogP contribution in [0.25, 0.3) is 0 Å². The van der Waals surface area contributed by atoms with Crippen molar-refractivity contribution in [1.82, 2.24) is 0 Å². The molecule has 44 heavy (non-hydrogen) atoms. The van der Waals surface area contributed by atoms with E-state index in [0.717, 1.165) is 64.2 Å². The molecule has 0 saturated carbocycles. The summed E-state index contributed by atoms with van der Waals surface area (Å²) in [6.45, 7) is 21.9. The first-order valence-electron chi connectivity index (χ1n) is 17.3. The number of esters is 1. The Morgan fingerprint density at radius 1 is 0.386 bits per heavy atom. The van der Waals surface area contributed by atoms with E-state index in [1.165, 1.54) is 77.2 Å². The highest BCUT2D eigenvalue weighted by Gasteiger charge is 1.97. The quantitative estimate of drug-likeness (QED) is 0.0856. The summed E-state index contributed by atoms with van der Waals surface area (Å²) in [6, 6.07) is 0. The zero-order valence-electron chi connectivity index (χ0n) is 30.5. The first kappa shape index (κ1) is 41.4. The topological polar surface area (TPSA) is 26.3 Å². The van der Waals surface area contributed by atoms with Crippen LogP contribution in [-0.4, -0.2) is 12.6 Å². The van der Waals surface area contributed by atoms with Crippen molar-refractivity contribution >= 4 is 5.97 Å². The molecule has 0 aliphatic carbocycles. The van der Waals surface area contributed by atoms with E-state index in [9.17, 15) is 4.79 Å². The van der Waals surface area contributed by atoms with Crippen LogP contribution in [0, 0.1) is 0 Å². The monoisotopic (exact) mass is 605 g/mol. The predicted molar refractivity (Wildman–Crippen MR) is 197 cm³/mol. The van der Waals surface area contributed by atoms with Gasteiger partial charge in [-0.3, -0.25) is 4.79 Å². The van der Waals surface area contributed by atoms with Crippen LogP contribution >= 0.6 is 0 Å². The minimum absolute atomic E-state index is 0.224. The number of carbonyl (C=O) groups is 1. The molecule has 0 unspecified atom stereocenters. The Hall–Kier alpha value is -2.61. The lowest BCUT2D eigenvalue weighted by molar-refractivity contribution is -0.139. The fourth-order valence-electron chi connectivity index (χ4n) is 4.83. The second-order valence-electron chi connectivity index (χ2n) is 13.0. The van der Waals surface area contributed by atoms with Crippen molar-refractivity contribution in [3.8, 4) is 0 Å². The van der Waals surface area contributed by atoms with Gasteiger partial charge in [0.25, 0.3) is 0 Å². The van der Waals surface area contributed by atoms with Crippen LogP contribution in [0.15, 0.2) is 93.2 Å². The third-order valence-electron chi connectivity index (χ3n) is 8.31. The van der Waals surface area contributed by atoms with Gasteiger partial charge in [0.2, 0.25) is 0 Å². The molecule has 0 radical (unpaired) electrons. The third kappa shape index (κ3) is 27.0. The Kier molecular flexibility index (Phi) is 25.2. The highest BCUT2D eigenvalue weighted by atomic mass is 16.5. The maximum atomic E-state index is 10.8. The summed E-state index contributed by atoms with van der Waals surface area (Å²) in [4.78, 5) is 10.8. The molecule has 0 spiro atoms. The first-order valence-corrected chi connectivity index (χ1v) is 17.3. The lowest BCUT2D eigenvalue weighted by atomic mass is 10.0. The molecule has 0 atom stereocenters. The Bertz CT molecular complexity index is 1070. The van der Waals surface area contributed by atoms with E-state index >= 15 is 0 Å². The summed E-state index contributed by atoms with van der Waals surface area (Å²) < 4.78 is 4.98. The number of rotatable bonds is 23. The summed E-state index contributed by atoms with van der Waals surface area (Å²) in [5, 5.41) is 0. The summed E-state index contributed by atoms with van der Waals surface area (Å²) in [5.41, 5.74) is 11.8. The van der Waals surface area contributed by atoms with Crippen molar-refractivity contribution in [2.75, 3.05) is 6.61 Å². The van der Waals surface area contributed by atoms with Gasteiger partial charge < -0.3 is 4.74 Å². The largest absolute Gasteiger partial charge is 0.462 e. The van der Waals surface area contributed by atoms with Crippen LogP contribution in [0.4, 0.5) is 0 Å².